The minimum atomic E-state index is -0.317. The SMILES string of the molecule is Cn1c(=O)c(-c2ccccc2)c(-c2ccccc2)c2cc(F)ccc21. The summed E-state index contributed by atoms with van der Waals surface area (Å²) in [5, 5.41) is 0.729. The van der Waals surface area contributed by atoms with Crippen LogP contribution in [0.4, 0.5) is 4.39 Å². The van der Waals surface area contributed by atoms with E-state index in [1.54, 1.807) is 17.7 Å². The molecule has 25 heavy (non-hydrogen) atoms. The second kappa shape index (κ2) is 6.02. The molecule has 1 aromatic heterocycles. The fourth-order valence-electron chi connectivity index (χ4n) is 3.30. The van der Waals surface area contributed by atoms with Crippen LogP contribution in [0.3, 0.4) is 0 Å². The number of hydrogen-bond acceptors (Lipinski definition) is 1. The number of aryl methyl sites for hydroxylation is 1. The van der Waals surface area contributed by atoms with Gasteiger partial charge in [0, 0.05) is 18.0 Å². The molecule has 0 aliphatic heterocycles. The van der Waals surface area contributed by atoms with Crippen LogP contribution < -0.4 is 5.56 Å². The van der Waals surface area contributed by atoms with Gasteiger partial charge in [0.25, 0.3) is 5.56 Å². The number of hydrogen-bond donors (Lipinski definition) is 0. The van der Waals surface area contributed by atoms with Crippen LogP contribution in [-0.4, -0.2) is 4.57 Å². The molecule has 0 unspecified atom stereocenters. The van der Waals surface area contributed by atoms with Gasteiger partial charge in [0.2, 0.25) is 0 Å². The van der Waals surface area contributed by atoms with E-state index in [-0.39, 0.29) is 11.4 Å². The van der Waals surface area contributed by atoms with Gasteiger partial charge in [-0.3, -0.25) is 4.79 Å². The smallest absolute Gasteiger partial charge is 0.259 e. The van der Waals surface area contributed by atoms with Crippen molar-refractivity contribution in [3.05, 3.63) is 95.0 Å². The Hall–Kier alpha value is -3.20. The lowest BCUT2D eigenvalue weighted by Gasteiger charge is -2.16. The summed E-state index contributed by atoms with van der Waals surface area (Å²) < 4.78 is 15.6. The summed E-state index contributed by atoms with van der Waals surface area (Å²) in [5.74, 6) is -0.317. The zero-order valence-electron chi connectivity index (χ0n) is 13.7. The van der Waals surface area contributed by atoms with Gasteiger partial charge in [-0.25, -0.2) is 4.39 Å². The van der Waals surface area contributed by atoms with Crippen molar-refractivity contribution in [1.29, 1.82) is 0 Å². The van der Waals surface area contributed by atoms with Crippen LogP contribution in [0.1, 0.15) is 0 Å². The summed E-state index contributed by atoms with van der Waals surface area (Å²) in [6.07, 6.45) is 0. The molecule has 0 atom stereocenters. The van der Waals surface area contributed by atoms with E-state index in [0.29, 0.717) is 11.1 Å². The van der Waals surface area contributed by atoms with Crippen molar-refractivity contribution < 1.29 is 4.39 Å². The lowest BCUT2D eigenvalue weighted by atomic mass is 9.92. The summed E-state index contributed by atoms with van der Waals surface area (Å²) in [6.45, 7) is 0. The van der Waals surface area contributed by atoms with Crippen molar-refractivity contribution in [2.24, 2.45) is 7.05 Å². The Morgan fingerprint density at radius 2 is 1.32 bits per heavy atom. The topological polar surface area (TPSA) is 22.0 Å². The van der Waals surface area contributed by atoms with E-state index in [9.17, 15) is 9.18 Å². The number of pyridine rings is 1. The van der Waals surface area contributed by atoms with Crippen molar-refractivity contribution in [2.75, 3.05) is 0 Å². The highest BCUT2D eigenvalue weighted by atomic mass is 19.1. The lowest BCUT2D eigenvalue weighted by Crippen LogP contribution is -2.20. The van der Waals surface area contributed by atoms with E-state index in [0.717, 1.165) is 22.1 Å². The van der Waals surface area contributed by atoms with Crippen LogP contribution in [-0.2, 0) is 7.05 Å². The van der Waals surface area contributed by atoms with Crippen molar-refractivity contribution in [2.45, 2.75) is 0 Å². The van der Waals surface area contributed by atoms with Crippen molar-refractivity contribution in [1.82, 2.24) is 4.57 Å². The van der Waals surface area contributed by atoms with Gasteiger partial charge in [-0.2, -0.15) is 0 Å². The number of aromatic nitrogens is 1. The van der Waals surface area contributed by atoms with Crippen LogP contribution in [0, 0.1) is 5.82 Å². The van der Waals surface area contributed by atoms with E-state index >= 15 is 0 Å². The monoisotopic (exact) mass is 329 g/mol. The first-order chi connectivity index (χ1) is 12.2. The maximum Gasteiger partial charge on any atom is 0.259 e. The first-order valence-electron chi connectivity index (χ1n) is 8.10. The van der Waals surface area contributed by atoms with Gasteiger partial charge in [-0.1, -0.05) is 60.7 Å². The number of nitrogens with zero attached hydrogens (tertiary/aromatic N) is 1. The van der Waals surface area contributed by atoms with Gasteiger partial charge in [0.05, 0.1) is 11.1 Å². The van der Waals surface area contributed by atoms with E-state index < -0.39 is 0 Å². The first-order valence-corrected chi connectivity index (χ1v) is 8.10. The molecule has 3 aromatic carbocycles. The lowest BCUT2D eigenvalue weighted by molar-refractivity contribution is 0.629. The van der Waals surface area contributed by atoms with Crippen molar-refractivity contribution in [3.8, 4) is 22.3 Å². The van der Waals surface area contributed by atoms with E-state index in [1.807, 2.05) is 60.7 Å². The highest BCUT2D eigenvalue weighted by molar-refractivity contribution is 6.02. The molecule has 2 nitrogen and oxygen atoms in total. The van der Waals surface area contributed by atoms with E-state index in [2.05, 4.69) is 0 Å². The van der Waals surface area contributed by atoms with Crippen LogP contribution in [0.15, 0.2) is 83.7 Å². The molecule has 0 aliphatic rings. The predicted molar refractivity (Wildman–Crippen MR) is 100 cm³/mol. The molecule has 0 amide bonds. The second-order valence-electron chi connectivity index (χ2n) is 6.01. The minimum Gasteiger partial charge on any atom is -0.311 e. The third kappa shape index (κ3) is 2.54. The van der Waals surface area contributed by atoms with Gasteiger partial charge < -0.3 is 4.57 Å². The van der Waals surface area contributed by atoms with Crippen LogP contribution in [0.2, 0.25) is 0 Å². The average Bonchev–Trinajstić information content (AvgIpc) is 2.65. The molecule has 0 saturated carbocycles. The number of rotatable bonds is 2. The quantitative estimate of drug-likeness (QED) is 0.506. The van der Waals surface area contributed by atoms with Gasteiger partial charge in [0.15, 0.2) is 0 Å². The summed E-state index contributed by atoms with van der Waals surface area (Å²) in [4.78, 5) is 13.1. The molecular weight excluding hydrogens is 313 g/mol. The molecule has 122 valence electrons. The highest BCUT2D eigenvalue weighted by Crippen LogP contribution is 2.35. The Bertz CT molecular complexity index is 1120. The summed E-state index contributed by atoms with van der Waals surface area (Å²) >= 11 is 0. The van der Waals surface area contributed by atoms with Crippen molar-refractivity contribution in [3.63, 3.8) is 0 Å². The Balaban J connectivity index is 2.24. The summed E-state index contributed by atoms with van der Waals surface area (Å²) in [7, 11) is 1.73. The van der Waals surface area contributed by atoms with Crippen LogP contribution in [0.25, 0.3) is 33.2 Å². The standard InChI is InChI=1S/C22H16FNO/c1-24-19-13-12-17(23)14-18(19)20(15-8-4-2-5-9-15)21(22(24)25)16-10-6-3-7-11-16/h2-14H,1H3. The maximum atomic E-state index is 14.0. The van der Waals surface area contributed by atoms with E-state index in [4.69, 9.17) is 0 Å². The Morgan fingerprint density at radius 1 is 0.760 bits per heavy atom. The molecule has 0 N–H and O–H groups in total. The van der Waals surface area contributed by atoms with Gasteiger partial charge in [-0.05, 0) is 29.3 Å². The Kier molecular flexibility index (Phi) is 3.69. The third-order valence-electron chi connectivity index (χ3n) is 4.48. The van der Waals surface area contributed by atoms with Crippen LogP contribution in [0.5, 0.6) is 0 Å². The predicted octanol–water partition coefficient (Wildman–Crippen LogP) is 5.01. The van der Waals surface area contributed by atoms with Crippen molar-refractivity contribution >= 4 is 10.9 Å². The summed E-state index contributed by atoms with van der Waals surface area (Å²) in [6, 6.07) is 23.8. The van der Waals surface area contributed by atoms with E-state index in [1.165, 1.54) is 12.1 Å². The first kappa shape index (κ1) is 15.3. The molecule has 0 spiro atoms. The zero-order chi connectivity index (χ0) is 17.4. The number of halogens is 1. The molecule has 4 aromatic rings. The zero-order valence-corrected chi connectivity index (χ0v) is 13.7. The molecule has 4 rings (SSSR count). The maximum absolute atomic E-state index is 14.0. The fourth-order valence-corrected chi connectivity index (χ4v) is 3.30. The van der Waals surface area contributed by atoms with Crippen LogP contribution >= 0.6 is 0 Å². The van der Waals surface area contributed by atoms with Gasteiger partial charge >= 0.3 is 0 Å². The van der Waals surface area contributed by atoms with Gasteiger partial charge in [0.1, 0.15) is 5.82 Å². The molecule has 0 radical (unpaired) electrons. The average molecular weight is 329 g/mol. The third-order valence-corrected chi connectivity index (χ3v) is 4.48. The molecule has 0 bridgehead atoms. The Labute approximate surface area is 144 Å². The Morgan fingerprint density at radius 3 is 1.92 bits per heavy atom. The normalized spacial score (nSPS) is 11.0. The largest absolute Gasteiger partial charge is 0.311 e. The molecule has 3 heteroatoms. The molecule has 0 saturated heterocycles. The highest BCUT2D eigenvalue weighted by Gasteiger charge is 2.18. The molecular formula is C22H16FNO. The summed E-state index contributed by atoms with van der Waals surface area (Å²) in [5.41, 5.74) is 3.70. The second-order valence-corrected chi connectivity index (χ2v) is 6.01. The molecule has 0 fully saturated rings. The molecule has 0 aliphatic carbocycles. The number of benzene rings is 3. The van der Waals surface area contributed by atoms with Gasteiger partial charge in [-0.15, -0.1) is 0 Å². The fraction of sp³-hybridized carbons (Fsp3) is 0.0455. The minimum absolute atomic E-state index is 0.0934. The number of fused-ring (bicyclic) bond motifs is 1. The molecule has 1 heterocycles.